The Labute approximate surface area is 95.0 Å². The molecule has 0 aliphatic heterocycles. The van der Waals surface area contributed by atoms with Crippen molar-refractivity contribution in [2.45, 2.75) is 13.3 Å². The first-order chi connectivity index (χ1) is 7.77. The first-order valence-corrected chi connectivity index (χ1v) is 5.24. The van der Waals surface area contributed by atoms with Gasteiger partial charge in [-0.25, -0.2) is 9.97 Å². The van der Waals surface area contributed by atoms with Gasteiger partial charge in [0.1, 0.15) is 5.69 Å². The third-order valence-corrected chi connectivity index (χ3v) is 1.83. The summed E-state index contributed by atoms with van der Waals surface area (Å²) in [6.45, 7) is 6.79. The Morgan fingerprint density at radius 1 is 1.62 bits per heavy atom. The Morgan fingerprint density at radius 3 is 3.12 bits per heavy atom. The third kappa shape index (κ3) is 3.68. The van der Waals surface area contributed by atoms with Crippen LogP contribution in [-0.4, -0.2) is 29.0 Å². The fraction of sp³-hybridized carbons (Fsp3) is 0.364. The maximum absolute atomic E-state index is 11.6. The average molecular weight is 220 g/mol. The van der Waals surface area contributed by atoms with Crippen LogP contribution in [0.2, 0.25) is 0 Å². The van der Waals surface area contributed by atoms with Crippen molar-refractivity contribution in [3.63, 3.8) is 0 Å². The van der Waals surface area contributed by atoms with E-state index >= 15 is 0 Å². The van der Waals surface area contributed by atoms with Crippen LogP contribution in [0, 0.1) is 0 Å². The van der Waals surface area contributed by atoms with E-state index in [4.69, 9.17) is 0 Å². The summed E-state index contributed by atoms with van der Waals surface area (Å²) in [4.78, 5) is 19.7. The van der Waals surface area contributed by atoms with E-state index in [1.54, 1.807) is 18.3 Å². The minimum atomic E-state index is -0.175. The molecule has 1 aromatic rings. The minimum Gasteiger partial charge on any atom is -0.351 e. The molecule has 0 bridgehead atoms. The number of aromatic nitrogens is 2. The molecule has 2 N–H and O–H groups in total. The summed E-state index contributed by atoms with van der Waals surface area (Å²) in [5, 5.41) is 5.68. The first kappa shape index (κ1) is 12.2. The molecule has 1 rings (SSSR count). The lowest BCUT2D eigenvalue weighted by Gasteiger charge is -2.05. The lowest BCUT2D eigenvalue weighted by Crippen LogP contribution is -2.25. The first-order valence-electron chi connectivity index (χ1n) is 5.24. The van der Waals surface area contributed by atoms with Gasteiger partial charge in [-0.15, -0.1) is 6.58 Å². The molecule has 0 saturated carbocycles. The van der Waals surface area contributed by atoms with Crippen LogP contribution in [0.3, 0.4) is 0 Å². The summed E-state index contributed by atoms with van der Waals surface area (Å²) in [5.41, 5.74) is 0.370. The van der Waals surface area contributed by atoms with E-state index < -0.39 is 0 Å². The third-order valence-electron chi connectivity index (χ3n) is 1.83. The van der Waals surface area contributed by atoms with Crippen LogP contribution in [0.15, 0.2) is 24.9 Å². The zero-order chi connectivity index (χ0) is 11.8. The van der Waals surface area contributed by atoms with Gasteiger partial charge in [0.05, 0.1) is 0 Å². The highest BCUT2D eigenvalue weighted by Crippen LogP contribution is 2.00. The molecule has 86 valence electrons. The van der Waals surface area contributed by atoms with Crippen molar-refractivity contribution in [2.75, 3.05) is 18.4 Å². The monoisotopic (exact) mass is 220 g/mol. The highest BCUT2D eigenvalue weighted by Gasteiger charge is 2.06. The van der Waals surface area contributed by atoms with Crippen molar-refractivity contribution < 1.29 is 4.79 Å². The maximum atomic E-state index is 11.6. The van der Waals surface area contributed by atoms with Crippen molar-refractivity contribution in [3.8, 4) is 0 Å². The molecule has 0 aromatic carbocycles. The zero-order valence-corrected chi connectivity index (χ0v) is 9.36. The predicted molar refractivity (Wildman–Crippen MR) is 63.3 cm³/mol. The van der Waals surface area contributed by atoms with E-state index in [0.717, 1.165) is 6.42 Å². The Morgan fingerprint density at radius 2 is 2.44 bits per heavy atom. The number of rotatable bonds is 6. The second-order valence-electron chi connectivity index (χ2n) is 3.19. The van der Waals surface area contributed by atoms with Crippen LogP contribution in [0.5, 0.6) is 0 Å². The second-order valence-corrected chi connectivity index (χ2v) is 3.19. The highest BCUT2D eigenvalue weighted by atomic mass is 16.1. The summed E-state index contributed by atoms with van der Waals surface area (Å²) in [7, 11) is 0. The Balaban J connectivity index is 2.65. The topological polar surface area (TPSA) is 66.9 Å². The molecule has 0 aliphatic rings. The van der Waals surface area contributed by atoms with Crippen LogP contribution in [-0.2, 0) is 0 Å². The molecule has 5 nitrogen and oxygen atoms in total. The summed E-state index contributed by atoms with van der Waals surface area (Å²) in [6.07, 6.45) is 4.16. The number of hydrogen-bond donors (Lipinski definition) is 2. The van der Waals surface area contributed by atoms with Gasteiger partial charge in [-0.1, -0.05) is 13.0 Å². The molecule has 0 spiro atoms. The van der Waals surface area contributed by atoms with E-state index in [-0.39, 0.29) is 5.91 Å². The van der Waals surface area contributed by atoms with Crippen molar-refractivity contribution in [2.24, 2.45) is 0 Å². The van der Waals surface area contributed by atoms with Crippen molar-refractivity contribution >= 4 is 11.9 Å². The second kappa shape index (κ2) is 6.55. The molecule has 0 aliphatic carbocycles. The number of carbonyl (C=O) groups excluding carboxylic acids is 1. The molecule has 1 aromatic heterocycles. The van der Waals surface area contributed by atoms with Gasteiger partial charge in [0, 0.05) is 19.3 Å². The summed E-state index contributed by atoms with van der Waals surface area (Å²) < 4.78 is 0. The number of anilines is 1. The normalized spacial score (nSPS) is 9.56. The highest BCUT2D eigenvalue weighted by molar-refractivity contribution is 5.92. The van der Waals surface area contributed by atoms with Gasteiger partial charge in [-0.2, -0.15) is 0 Å². The number of nitrogens with one attached hydrogen (secondary N) is 2. The SMILES string of the molecule is C=CCNc1nccc(C(=O)NCCC)n1. The smallest absolute Gasteiger partial charge is 0.270 e. The summed E-state index contributed by atoms with van der Waals surface area (Å²) in [5.74, 6) is 0.259. The van der Waals surface area contributed by atoms with Gasteiger partial charge in [0.15, 0.2) is 0 Å². The summed E-state index contributed by atoms with van der Waals surface area (Å²) >= 11 is 0. The van der Waals surface area contributed by atoms with Gasteiger partial charge in [0.2, 0.25) is 5.95 Å². The molecular formula is C11H16N4O. The fourth-order valence-electron chi connectivity index (χ4n) is 1.06. The van der Waals surface area contributed by atoms with Crippen molar-refractivity contribution in [1.29, 1.82) is 0 Å². The lowest BCUT2D eigenvalue weighted by atomic mass is 10.3. The van der Waals surface area contributed by atoms with Gasteiger partial charge in [-0.05, 0) is 12.5 Å². The molecule has 0 atom stereocenters. The number of nitrogens with zero attached hydrogens (tertiary/aromatic N) is 2. The lowest BCUT2D eigenvalue weighted by molar-refractivity contribution is 0.0948. The molecule has 0 radical (unpaired) electrons. The van der Waals surface area contributed by atoms with E-state index in [9.17, 15) is 4.79 Å². The molecule has 1 amide bonds. The van der Waals surface area contributed by atoms with Crippen LogP contribution in [0.1, 0.15) is 23.8 Å². The molecule has 0 saturated heterocycles. The Hall–Kier alpha value is -1.91. The standard InChI is InChI=1S/C11H16N4O/c1-3-6-12-10(16)9-5-8-14-11(15-9)13-7-4-2/h4-5,8H,2-3,6-7H2,1H3,(H,12,16)(H,13,14,15). The van der Waals surface area contributed by atoms with Crippen LogP contribution < -0.4 is 10.6 Å². The van der Waals surface area contributed by atoms with Crippen LogP contribution in [0.25, 0.3) is 0 Å². The number of hydrogen-bond acceptors (Lipinski definition) is 4. The minimum absolute atomic E-state index is 0.175. The predicted octanol–water partition coefficient (Wildman–Crippen LogP) is 1.21. The molecular weight excluding hydrogens is 204 g/mol. The molecule has 0 fully saturated rings. The Bertz CT molecular complexity index is 365. The van der Waals surface area contributed by atoms with Crippen molar-refractivity contribution in [1.82, 2.24) is 15.3 Å². The summed E-state index contributed by atoms with van der Waals surface area (Å²) in [6, 6.07) is 1.59. The molecule has 1 heterocycles. The fourth-order valence-corrected chi connectivity index (χ4v) is 1.06. The quantitative estimate of drug-likeness (QED) is 0.707. The number of carbonyl (C=O) groups is 1. The average Bonchev–Trinajstić information content (AvgIpc) is 2.33. The Kier molecular flexibility index (Phi) is 4.98. The van der Waals surface area contributed by atoms with Gasteiger partial charge in [-0.3, -0.25) is 4.79 Å². The van der Waals surface area contributed by atoms with Gasteiger partial charge >= 0.3 is 0 Å². The molecule has 5 heteroatoms. The van der Waals surface area contributed by atoms with Crippen LogP contribution in [0.4, 0.5) is 5.95 Å². The zero-order valence-electron chi connectivity index (χ0n) is 9.36. The van der Waals surface area contributed by atoms with E-state index in [2.05, 4.69) is 27.2 Å². The van der Waals surface area contributed by atoms with Gasteiger partial charge in [0.25, 0.3) is 5.91 Å². The van der Waals surface area contributed by atoms with E-state index in [1.807, 2.05) is 6.92 Å². The van der Waals surface area contributed by atoms with Crippen molar-refractivity contribution in [3.05, 3.63) is 30.6 Å². The number of amides is 1. The molecule has 16 heavy (non-hydrogen) atoms. The maximum Gasteiger partial charge on any atom is 0.270 e. The van der Waals surface area contributed by atoms with Crippen LogP contribution >= 0.6 is 0 Å². The van der Waals surface area contributed by atoms with E-state index in [1.165, 1.54) is 0 Å². The van der Waals surface area contributed by atoms with E-state index in [0.29, 0.717) is 24.7 Å². The largest absolute Gasteiger partial charge is 0.351 e. The molecule has 0 unspecified atom stereocenters. The van der Waals surface area contributed by atoms with Gasteiger partial charge < -0.3 is 10.6 Å².